The quantitative estimate of drug-likeness (QED) is 0.393. The summed E-state index contributed by atoms with van der Waals surface area (Å²) in [4.78, 5) is 11.0. The summed E-state index contributed by atoms with van der Waals surface area (Å²) < 4.78 is 30.5. The predicted molar refractivity (Wildman–Crippen MR) is 74.4 cm³/mol. The minimum atomic E-state index is -3.86. The number of hydrogen-bond donors (Lipinski definition) is 2. The molecule has 8 heteroatoms. The Hall–Kier alpha value is -0.310. The van der Waals surface area contributed by atoms with Crippen molar-refractivity contribution in [2.24, 2.45) is 0 Å². The molecule has 0 aromatic heterocycles. The molecule has 0 unspecified atom stereocenters. The van der Waals surface area contributed by atoms with E-state index in [1.807, 2.05) is 14.1 Å². The number of rotatable bonds is 8. The number of carbonyl (C=O) groups excluding carboxylic acids is 1. The van der Waals surface area contributed by atoms with Gasteiger partial charge in [-0.15, -0.1) is 0 Å². The third-order valence-corrected chi connectivity index (χ3v) is 3.88. The second-order valence-electron chi connectivity index (χ2n) is 4.79. The van der Waals surface area contributed by atoms with E-state index in [2.05, 4.69) is 5.32 Å². The largest absolute Gasteiger partial charge is 0.347 e. The molecule has 0 aliphatic carbocycles. The van der Waals surface area contributed by atoms with E-state index in [0.29, 0.717) is 24.0 Å². The molecule has 2 N–H and O–H groups in total. The molecule has 0 saturated carbocycles. The van der Waals surface area contributed by atoms with Crippen molar-refractivity contribution in [2.75, 3.05) is 45.7 Å². The van der Waals surface area contributed by atoms with Gasteiger partial charge in [-0.25, -0.2) is 0 Å². The Balaban J connectivity index is 3.76. The molecule has 0 bridgehead atoms. The van der Waals surface area contributed by atoms with E-state index < -0.39 is 10.1 Å². The fourth-order valence-electron chi connectivity index (χ4n) is 1.56. The summed E-state index contributed by atoms with van der Waals surface area (Å²) in [5.74, 6) is -0.197. The number of quaternary nitrogens is 1. The van der Waals surface area contributed by atoms with Crippen molar-refractivity contribution in [2.45, 2.75) is 12.8 Å². The van der Waals surface area contributed by atoms with Crippen molar-refractivity contribution in [1.29, 1.82) is 0 Å². The zero-order valence-corrected chi connectivity index (χ0v) is 12.8. The van der Waals surface area contributed by atoms with Gasteiger partial charge in [0.25, 0.3) is 15.4 Å². The van der Waals surface area contributed by atoms with Gasteiger partial charge < -0.3 is 9.80 Å². The van der Waals surface area contributed by atoms with Crippen LogP contribution in [-0.4, -0.2) is 68.4 Å². The maximum absolute atomic E-state index is 11.0. The van der Waals surface area contributed by atoms with Gasteiger partial charge in [0.15, 0.2) is 0 Å². The number of amides is 1. The van der Waals surface area contributed by atoms with E-state index in [1.54, 1.807) is 6.26 Å². The van der Waals surface area contributed by atoms with Crippen molar-refractivity contribution < 1.29 is 22.2 Å². The average Bonchev–Trinajstić information content (AvgIpc) is 2.21. The molecule has 0 heterocycles. The third-order valence-electron chi connectivity index (χ3n) is 2.56. The standard InChI is InChI=1S/C10H22N2O4S2/c1-12(2,8-5-9-18(14,15)16)7-4-6-11-10(13)17-3/h4-9H2,1-3H3,(H-,11,13,14,15,16)/p+1. The zero-order chi connectivity index (χ0) is 14.2. The first-order valence-corrected chi connectivity index (χ1v) is 8.59. The first-order chi connectivity index (χ1) is 8.16. The van der Waals surface area contributed by atoms with Gasteiger partial charge in [0.2, 0.25) is 0 Å². The Bertz CT molecular complexity index is 355. The van der Waals surface area contributed by atoms with Crippen LogP contribution in [0, 0.1) is 0 Å². The molecule has 0 aliphatic rings. The highest BCUT2D eigenvalue weighted by atomic mass is 32.2. The number of hydrogen-bond acceptors (Lipinski definition) is 4. The van der Waals surface area contributed by atoms with Gasteiger partial charge in [-0.05, 0) is 6.26 Å². The smallest absolute Gasteiger partial charge is 0.278 e. The molecule has 0 saturated heterocycles. The summed E-state index contributed by atoms with van der Waals surface area (Å²) in [7, 11) is 0.145. The summed E-state index contributed by atoms with van der Waals surface area (Å²) in [6, 6.07) is 0. The van der Waals surface area contributed by atoms with E-state index in [1.165, 1.54) is 0 Å². The summed E-state index contributed by atoms with van der Waals surface area (Å²) in [5.41, 5.74) is 0. The molecule has 1 amide bonds. The maximum atomic E-state index is 11.0. The van der Waals surface area contributed by atoms with E-state index in [-0.39, 0.29) is 11.0 Å². The highest BCUT2D eigenvalue weighted by Gasteiger charge is 2.16. The van der Waals surface area contributed by atoms with Crippen LogP contribution in [0.15, 0.2) is 0 Å². The highest BCUT2D eigenvalue weighted by molar-refractivity contribution is 8.12. The first-order valence-electron chi connectivity index (χ1n) is 5.75. The molecule has 6 nitrogen and oxygen atoms in total. The van der Waals surface area contributed by atoms with Gasteiger partial charge in [0.05, 0.1) is 32.9 Å². The molecule has 0 radical (unpaired) electrons. The fraction of sp³-hybridized carbons (Fsp3) is 0.900. The third kappa shape index (κ3) is 10.8. The van der Waals surface area contributed by atoms with Crippen LogP contribution < -0.4 is 5.32 Å². The molecule has 0 atom stereocenters. The SMILES string of the molecule is CSC(=O)NCCC[N+](C)(C)CCCS(=O)(=O)O. The highest BCUT2D eigenvalue weighted by Crippen LogP contribution is 2.03. The lowest BCUT2D eigenvalue weighted by molar-refractivity contribution is -0.890. The number of nitrogens with one attached hydrogen (secondary N) is 1. The Kier molecular flexibility index (Phi) is 7.84. The molecule has 0 aliphatic heterocycles. The first kappa shape index (κ1) is 17.7. The Morgan fingerprint density at radius 2 is 1.83 bits per heavy atom. The Labute approximate surface area is 113 Å². The molecule has 108 valence electrons. The Morgan fingerprint density at radius 3 is 2.33 bits per heavy atom. The van der Waals surface area contributed by atoms with Gasteiger partial charge in [-0.1, -0.05) is 11.8 Å². The molecular formula is C10H23N2O4S2+. The number of thioether (sulfide) groups is 1. The maximum Gasteiger partial charge on any atom is 0.278 e. The van der Waals surface area contributed by atoms with Crippen LogP contribution in [0.1, 0.15) is 12.8 Å². The van der Waals surface area contributed by atoms with Gasteiger partial charge in [0.1, 0.15) is 0 Å². The molecular weight excluding hydrogens is 276 g/mol. The lowest BCUT2D eigenvalue weighted by atomic mass is 10.3. The average molecular weight is 299 g/mol. The van der Waals surface area contributed by atoms with E-state index in [9.17, 15) is 13.2 Å². The summed E-state index contributed by atoms with van der Waals surface area (Å²) in [6.07, 6.45) is 3.00. The van der Waals surface area contributed by atoms with E-state index in [0.717, 1.165) is 24.7 Å². The molecule has 0 spiro atoms. The Morgan fingerprint density at radius 1 is 1.28 bits per heavy atom. The molecule has 0 fully saturated rings. The van der Waals surface area contributed by atoms with Gasteiger partial charge >= 0.3 is 0 Å². The van der Waals surface area contributed by atoms with Crippen molar-refractivity contribution >= 4 is 27.1 Å². The molecule has 0 aromatic rings. The van der Waals surface area contributed by atoms with Crippen LogP contribution in [0.2, 0.25) is 0 Å². The molecule has 0 rings (SSSR count). The second kappa shape index (κ2) is 7.98. The van der Waals surface area contributed by atoms with E-state index >= 15 is 0 Å². The molecule has 0 aromatic carbocycles. The van der Waals surface area contributed by atoms with Crippen LogP contribution in [0.25, 0.3) is 0 Å². The van der Waals surface area contributed by atoms with Crippen molar-refractivity contribution in [1.82, 2.24) is 5.32 Å². The number of nitrogens with zero attached hydrogens (tertiary/aromatic N) is 1. The van der Waals surface area contributed by atoms with Gasteiger partial charge in [0, 0.05) is 19.4 Å². The van der Waals surface area contributed by atoms with Crippen LogP contribution in [0.5, 0.6) is 0 Å². The normalized spacial score (nSPS) is 12.4. The second-order valence-corrected chi connectivity index (χ2v) is 7.15. The van der Waals surface area contributed by atoms with Crippen molar-refractivity contribution in [3.8, 4) is 0 Å². The summed E-state index contributed by atoms with van der Waals surface area (Å²) >= 11 is 1.15. The van der Waals surface area contributed by atoms with E-state index in [4.69, 9.17) is 4.55 Å². The number of carbonyl (C=O) groups is 1. The molecule has 18 heavy (non-hydrogen) atoms. The minimum absolute atomic E-state index is 0.0355. The van der Waals surface area contributed by atoms with Crippen LogP contribution >= 0.6 is 11.8 Å². The topological polar surface area (TPSA) is 83.5 Å². The van der Waals surface area contributed by atoms with Crippen molar-refractivity contribution in [3.63, 3.8) is 0 Å². The predicted octanol–water partition coefficient (Wildman–Crippen LogP) is 0.803. The van der Waals surface area contributed by atoms with Gasteiger partial charge in [-0.2, -0.15) is 8.42 Å². The lowest BCUT2D eigenvalue weighted by Crippen LogP contribution is -2.42. The van der Waals surface area contributed by atoms with Gasteiger partial charge in [-0.3, -0.25) is 9.35 Å². The summed E-state index contributed by atoms with van der Waals surface area (Å²) in [5, 5.41) is 2.73. The van der Waals surface area contributed by atoms with Crippen molar-refractivity contribution in [3.05, 3.63) is 0 Å². The monoisotopic (exact) mass is 299 g/mol. The summed E-state index contributed by atoms with van der Waals surface area (Å²) in [6.45, 7) is 2.15. The minimum Gasteiger partial charge on any atom is -0.347 e. The zero-order valence-electron chi connectivity index (χ0n) is 11.2. The lowest BCUT2D eigenvalue weighted by Gasteiger charge is -2.29. The fourth-order valence-corrected chi connectivity index (χ4v) is 2.30. The van der Waals surface area contributed by atoms with Crippen LogP contribution in [0.3, 0.4) is 0 Å². The van der Waals surface area contributed by atoms with Crippen LogP contribution in [-0.2, 0) is 10.1 Å². The van der Waals surface area contributed by atoms with Crippen LogP contribution in [0.4, 0.5) is 4.79 Å².